The van der Waals surface area contributed by atoms with Crippen LogP contribution in [0.1, 0.15) is 70.4 Å². The Morgan fingerprint density at radius 3 is 1.45 bits per heavy atom. The number of carbonyl (C=O) groups is 7. The predicted octanol–water partition coefficient (Wildman–Crippen LogP) is -0.860. The largest absolute Gasteiger partial charge is 0.508 e. The zero-order valence-corrected chi connectivity index (χ0v) is 32.9. The summed E-state index contributed by atoms with van der Waals surface area (Å²) in [6.45, 7) is 5.07. The van der Waals surface area contributed by atoms with Crippen LogP contribution in [0.2, 0.25) is 0 Å². The number of nitrogens with two attached hydrogens (primary N) is 2. The summed E-state index contributed by atoms with van der Waals surface area (Å²) in [6, 6.07) is 3.14. The van der Waals surface area contributed by atoms with Crippen molar-refractivity contribution in [1.82, 2.24) is 26.6 Å². The number of nitrogens with one attached hydrogen (secondary N) is 5. The molecular formula is C39H57N7O12. The van der Waals surface area contributed by atoms with Gasteiger partial charge in [0.25, 0.3) is 0 Å². The van der Waals surface area contributed by atoms with Crippen molar-refractivity contribution in [2.45, 2.75) is 114 Å². The summed E-state index contributed by atoms with van der Waals surface area (Å²) in [5.41, 5.74) is 12.4. The van der Waals surface area contributed by atoms with Crippen molar-refractivity contribution in [2.24, 2.45) is 17.4 Å². The summed E-state index contributed by atoms with van der Waals surface area (Å²) in [4.78, 5) is 91.5. The lowest BCUT2D eigenvalue weighted by Crippen LogP contribution is -2.60. The number of rotatable bonds is 25. The van der Waals surface area contributed by atoms with Crippen molar-refractivity contribution < 1.29 is 59.1 Å². The highest BCUT2D eigenvalue weighted by Crippen LogP contribution is 2.15. The molecule has 2 aromatic rings. The van der Waals surface area contributed by atoms with Crippen LogP contribution in [0.4, 0.5) is 0 Å². The lowest BCUT2D eigenvalue weighted by atomic mass is 9.99. The van der Waals surface area contributed by atoms with Gasteiger partial charge in [0.2, 0.25) is 29.5 Å². The van der Waals surface area contributed by atoms with E-state index in [9.17, 15) is 59.1 Å². The third-order valence-electron chi connectivity index (χ3n) is 9.02. The smallest absolute Gasteiger partial charge is 0.326 e. The van der Waals surface area contributed by atoms with E-state index in [-0.39, 0.29) is 49.6 Å². The molecule has 2 aromatic carbocycles. The first-order valence-corrected chi connectivity index (χ1v) is 19.0. The number of carbonyl (C=O) groups excluding carboxylic acids is 5. The van der Waals surface area contributed by atoms with Gasteiger partial charge in [0, 0.05) is 19.3 Å². The second kappa shape index (κ2) is 24.1. The van der Waals surface area contributed by atoms with E-state index in [4.69, 9.17) is 11.5 Å². The highest BCUT2D eigenvalue weighted by Gasteiger charge is 2.34. The van der Waals surface area contributed by atoms with Gasteiger partial charge in [-0.15, -0.1) is 0 Å². The van der Waals surface area contributed by atoms with Gasteiger partial charge in [-0.1, -0.05) is 38.1 Å². The number of aliphatic hydroxyl groups excluding tert-OH is 1. The van der Waals surface area contributed by atoms with Gasteiger partial charge in [-0.2, -0.15) is 0 Å². The topological polar surface area (TPSA) is 333 Å². The Kier molecular flexibility index (Phi) is 20.1. The van der Waals surface area contributed by atoms with Gasteiger partial charge in [0.1, 0.15) is 47.8 Å². The number of hydrogen-bond acceptors (Lipinski definition) is 12. The van der Waals surface area contributed by atoms with E-state index in [1.54, 1.807) is 13.8 Å². The number of phenolic OH excluding ortho intramolecular Hbond substituents is 2. The van der Waals surface area contributed by atoms with Gasteiger partial charge in [-0.3, -0.25) is 28.8 Å². The molecule has 0 heterocycles. The minimum Gasteiger partial charge on any atom is -0.508 e. The average Bonchev–Trinajstić information content (AvgIpc) is 3.15. The quantitative estimate of drug-likeness (QED) is 0.0543. The fourth-order valence-electron chi connectivity index (χ4n) is 5.72. The van der Waals surface area contributed by atoms with Crippen LogP contribution in [0.15, 0.2) is 48.5 Å². The number of carboxylic acid groups (broad SMARTS) is 2. The Hall–Kier alpha value is -5.79. The van der Waals surface area contributed by atoms with Crippen LogP contribution in [0.5, 0.6) is 11.5 Å². The molecule has 0 aliphatic carbocycles. The molecule has 320 valence electrons. The molecule has 0 aliphatic rings. The second-order valence-corrected chi connectivity index (χ2v) is 14.5. The maximum Gasteiger partial charge on any atom is 0.326 e. The molecule has 7 atom stereocenters. The van der Waals surface area contributed by atoms with Crippen molar-refractivity contribution in [2.75, 3.05) is 6.54 Å². The number of aliphatic hydroxyl groups is 1. The molecule has 14 N–H and O–H groups in total. The molecule has 19 nitrogen and oxygen atoms in total. The Morgan fingerprint density at radius 2 is 1.00 bits per heavy atom. The number of benzene rings is 2. The van der Waals surface area contributed by atoms with Gasteiger partial charge >= 0.3 is 11.9 Å². The molecule has 0 bridgehead atoms. The molecule has 0 aliphatic heterocycles. The van der Waals surface area contributed by atoms with Crippen molar-refractivity contribution in [3.63, 3.8) is 0 Å². The van der Waals surface area contributed by atoms with Crippen LogP contribution in [0.3, 0.4) is 0 Å². The molecule has 5 amide bonds. The molecule has 0 fully saturated rings. The molecule has 0 spiro atoms. The molecule has 0 saturated carbocycles. The van der Waals surface area contributed by atoms with Crippen molar-refractivity contribution >= 4 is 41.5 Å². The van der Waals surface area contributed by atoms with Crippen LogP contribution in [-0.2, 0) is 46.4 Å². The normalized spacial score (nSPS) is 14.7. The van der Waals surface area contributed by atoms with E-state index in [2.05, 4.69) is 26.6 Å². The summed E-state index contributed by atoms with van der Waals surface area (Å²) in [7, 11) is 0. The molecule has 0 unspecified atom stereocenters. The van der Waals surface area contributed by atoms with Crippen LogP contribution in [0, 0.1) is 5.92 Å². The summed E-state index contributed by atoms with van der Waals surface area (Å²) < 4.78 is 0. The standard InChI is InChI=1S/C39H57N7O12/c1-21(2)18-29(44-37(55)30(45-38(56)33(41)22(3)47)19-23-7-11-25(48)12-8-23)36(54)43-28(15-16-32(50)51)35(53)42-27(6-4-5-17-40)34(52)46-31(39(57)58)20-24-9-13-26(49)14-10-24/h7-14,21-22,27-31,33,47-49H,4-6,15-20,40-41H2,1-3H3,(H,42,53)(H,43,54)(H,44,55)(H,45,56)(H,46,52)(H,50,51)(H,57,58)/t22-,27+,28+,29+,30+,31+,33+/m1/s1. The maximum absolute atomic E-state index is 13.9. The number of aliphatic carboxylic acids is 2. The van der Waals surface area contributed by atoms with Crippen LogP contribution in [-0.4, -0.2) is 116 Å². The number of hydrogen-bond donors (Lipinski definition) is 12. The molecule has 0 radical (unpaired) electrons. The zero-order valence-electron chi connectivity index (χ0n) is 32.9. The Morgan fingerprint density at radius 1 is 0.586 bits per heavy atom. The van der Waals surface area contributed by atoms with Gasteiger partial charge in [0.05, 0.1) is 6.10 Å². The number of carboxylic acids is 2. The lowest BCUT2D eigenvalue weighted by molar-refractivity contribution is -0.142. The van der Waals surface area contributed by atoms with Crippen molar-refractivity contribution in [3.8, 4) is 11.5 Å². The fourth-order valence-corrected chi connectivity index (χ4v) is 5.72. The monoisotopic (exact) mass is 815 g/mol. The Bertz CT molecular complexity index is 1690. The molecule has 0 aromatic heterocycles. The van der Waals surface area contributed by atoms with E-state index in [1.165, 1.54) is 55.5 Å². The molecule has 58 heavy (non-hydrogen) atoms. The molecule has 2 rings (SSSR count). The first kappa shape index (κ1) is 48.4. The van der Waals surface area contributed by atoms with Crippen molar-refractivity contribution in [3.05, 3.63) is 59.7 Å². The predicted molar refractivity (Wildman–Crippen MR) is 210 cm³/mol. The summed E-state index contributed by atoms with van der Waals surface area (Å²) in [5, 5.41) is 61.0. The highest BCUT2D eigenvalue weighted by atomic mass is 16.4. The van der Waals surface area contributed by atoms with Crippen molar-refractivity contribution in [1.29, 1.82) is 0 Å². The number of aromatic hydroxyl groups is 2. The highest BCUT2D eigenvalue weighted by molar-refractivity contribution is 5.96. The van der Waals surface area contributed by atoms with Gasteiger partial charge in [-0.25, -0.2) is 4.79 Å². The van der Waals surface area contributed by atoms with E-state index in [0.717, 1.165) is 0 Å². The Labute approximate surface area is 336 Å². The Balaban J connectivity index is 2.36. The molecule has 0 saturated heterocycles. The van der Waals surface area contributed by atoms with Gasteiger partial charge < -0.3 is 63.6 Å². The minimum atomic E-state index is -1.54. The summed E-state index contributed by atoms with van der Waals surface area (Å²) >= 11 is 0. The van der Waals surface area contributed by atoms with E-state index >= 15 is 0 Å². The molecule has 19 heteroatoms. The summed E-state index contributed by atoms with van der Waals surface area (Å²) in [5.74, 6) is -7.34. The molecular weight excluding hydrogens is 758 g/mol. The number of amides is 5. The van der Waals surface area contributed by atoms with E-state index in [0.29, 0.717) is 24.0 Å². The average molecular weight is 816 g/mol. The van der Waals surface area contributed by atoms with Gasteiger partial charge in [-0.05, 0) is 86.9 Å². The van der Waals surface area contributed by atoms with Crippen LogP contribution in [0.25, 0.3) is 0 Å². The summed E-state index contributed by atoms with van der Waals surface area (Å²) in [6.07, 6.45) is -1.72. The zero-order chi connectivity index (χ0) is 43.5. The SMILES string of the molecule is CC(C)C[C@H](NC(=O)[C@H](Cc1ccc(O)cc1)NC(=O)[C@@H](N)[C@@H](C)O)C(=O)N[C@@H](CCC(=O)O)C(=O)N[C@@H](CCCCN)C(=O)N[C@@H](Cc1ccc(O)cc1)C(=O)O. The van der Waals surface area contributed by atoms with E-state index < -0.39 is 96.7 Å². The van der Waals surface area contributed by atoms with E-state index in [1.807, 2.05) is 0 Å². The van der Waals surface area contributed by atoms with Crippen LogP contribution < -0.4 is 38.1 Å². The van der Waals surface area contributed by atoms with Gasteiger partial charge in [0.15, 0.2) is 0 Å². The second-order valence-electron chi connectivity index (χ2n) is 14.5. The minimum absolute atomic E-state index is 0.0127. The third-order valence-corrected chi connectivity index (χ3v) is 9.02. The first-order chi connectivity index (χ1) is 27.3. The lowest BCUT2D eigenvalue weighted by Gasteiger charge is -2.28. The fraction of sp³-hybridized carbons (Fsp3) is 0.513. The van der Waals surface area contributed by atoms with Crippen LogP contribution >= 0.6 is 0 Å². The first-order valence-electron chi connectivity index (χ1n) is 19.0. The third kappa shape index (κ3) is 17.1. The number of phenols is 2. The number of unbranched alkanes of at least 4 members (excludes halogenated alkanes) is 1. The maximum atomic E-state index is 13.9.